The van der Waals surface area contributed by atoms with Crippen molar-refractivity contribution in [3.8, 4) is 0 Å². The minimum atomic E-state index is -4.44. The number of piperidine rings is 1. The molecular weight excluding hydrogens is 425 g/mol. The van der Waals surface area contributed by atoms with E-state index in [0.717, 1.165) is 40.8 Å². The Morgan fingerprint density at radius 3 is 2.74 bits per heavy atom. The Hall–Kier alpha value is -2.94. The molecule has 0 radical (unpaired) electrons. The molecule has 1 aromatic carbocycles. The molecule has 0 bridgehead atoms. The lowest BCUT2D eigenvalue weighted by Gasteiger charge is -2.32. The van der Waals surface area contributed by atoms with E-state index in [1.54, 1.807) is 4.90 Å². The topological polar surface area (TPSA) is 50.5 Å². The average Bonchev–Trinajstić information content (AvgIpc) is 3.34. The number of carbonyl (C=O) groups is 1. The number of fused-ring (bicyclic) bond motifs is 2. The van der Waals surface area contributed by atoms with Crippen molar-refractivity contribution in [2.24, 2.45) is 0 Å². The summed E-state index contributed by atoms with van der Waals surface area (Å²) in [6, 6.07) is 10.3. The van der Waals surface area contributed by atoms with Gasteiger partial charge in [0, 0.05) is 29.9 Å². The third kappa shape index (κ3) is 3.46. The maximum Gasteiger partial charge on any atom is 0.417 e. The second-order valence-electron chi connectivity index (χ2n) is 7.84. The molecular formula is C22H19F3N4OS. The van der Waals surface area contributed by atoms with Crippen LogP contribution in [0.4, 0.5) is 13.2 Å². The summed E-state index contributed by atoms with van der Waals surface area (Å²) in [5, 5.41) is 9.28. The largest absolute Gasteiger partial charge is 0.417 e. The van der Waals surface area contributed by atoms with Gasteiger partial charge in [-0.2, -0.15) is 13.2 Å². The lowest BCUT2D eigenvalue weighted by Crippen LogP contribution is -2.39. The Labute approximate surface area is 180 Å². The SMILES string of the molecule is Cc1c(C(=O)N2CCC[C@H](c3nnc4ccc(C(F)(F)F)cn34)C2)sc2ccccc12. The summed E-state index contributed by atoms with van der Waals surface area (Å²) in [5.41, 5.74) is 0.591. The Morgan fingerprint density at radius 2 is 1.97 bits per heavy atom. The van der Waals surface area contributed by atoms with E-state index in [9.17, 15) is 18.0 Å². The number of pyridine rings is 1. The molecule has 0 unspecified atom stereocenters. The first-order valence-corrected chi connectivity index (χ1v) is 10.8. The summed E-state index contributed by atoms with van der Waals surface area (Å²) in [7, 11) is 0. The Morgan fingerprint density at radius 1 is 1.16 bits per heavy atom. The number of amides is 1. The number of rotatable bonds is 2. The first-order chi connectivity index (χ1) is 14.8. The zero-order chi connectivity index (χ0) is 21.8. The molecule has 1 amide bonds. The van der Waals surface area contributed by atoms with Gasteiger partial charge in [0.15, 0.2) is 5.65 Å². The summed E-state index contributed by atoms with van der Waals surface area (Å²) < 4.78 is 42.0. The van der Waals surface area contributed by atoms with Crippen molar-refractivity contribution >= 4 is 33.0 Å². The highest BCUT2D eigenvalue weighted by Crippen LogP contribution is 2.34. The second-order valence-corrected chi connectivity index (χ2v) is 8.90. The Bertz CT molecular complexity index is 1290. The number of nitrogens with zero attached hydrogens (tertiary/aromatic N) is 4. The van der Waals surface area contributed by atoms with Crippen LogP contribution in [-0.2, 0) is 6.18 Å². The summed E-state index contributed by atoms with van der Waals surface area (Å²) in [6.45, 7) is 2.98. The van der Waals surface area contributed by atoms with E-state index in [1.807, 2.05) is 31.2 Å². The molecule has 9 heteroatoms. The molecule has 160 valence electrons. The number of hydrogen-bond donors (Lipinski definition) is 0. The minimum Gasteiger partial charge on any atom is -0.337 e. The summed E-state index contributed by atoms with van der Waals surface area (Å²) >= 11 is 1.48. The number of aromatic nitrogens is 3. The highest BCUT2D eigenvalue weighted by Gasteiger charge is 2.33. The van der Waals surface area contributed by atoms with Gasteiger partial charge in [-0.25, -0.2) is 0 Å². The van der Waals surface area contributed by atoms with Crippen LogP contribution in [-0.4, -0.2) is 38.5 Å². The standard InChI is InChI=1S/C22H19F3N4OS/c1-13-16-6-2-3-7-17(16)31-19(13)21(30)28-10-4-5-14(11-28)20-27-26-18-9-8-15(12-29(18)20)22(23,24)25/h2-3,6-9,12,14H,4-5,10-11H2,1H3/t14-/m0/s1. The maximum atomic E-state index is 13.3. The predicted octanol–water partition coefficient (Wildman–Crippen LogP) is 5.29. The summed E-state index contributed by atoms with van der Waals surface area (Å²) in [5.74, 6) is 0.255. The number of aryl methyl sites for hydroxylation is 1. The summed E-state index contributed by atoms with van der Waals surface area (Å²) in [6.07, 6.45) is -1.90. The van der Waals surface area contributed by atoms with Gasteiger partial charge in [0.25, 0.3) is 5.91 Å². The van der Waals surface area contributed by atoms with E-state index in [2.05, 4.69) is 10.2 Å². The molecule has 1 fully saturated rings. The van der Waals surface area contributed by atoms with Gasteiger partial charge in [0.05, 0.1) is 10.4 Å². The third-order valence-corrected chi connectivity index (χ3v) is 7.13. The first kappa shape index (κ1) is 20.0. The molecule has 0 saturated carbocycles. The van der Waals surface area contributed by atoms with E-state index in [1.165, 1.54) is 21.8 Å². The second kappa shape index (κ2) is 7.33. The van der Waals surface area contributed by atoms with Crippen LogP contribution in [0.1, 0.15) is 45.4 Å². The van der Waals surface area contributed by atoms with Gasteiger partial charge in [-0.1, -0.05) is 18.2 Å². The van der Waals surface area contributed by atoms with E-state index < -0.39 is 11.7 Å². The molecule has 1 aliphatic rings. The molecule has 1 saturated heterocycles. The molecule has 3 aromatic heterocycles. The van der Waals surface area contributed by atoms with Crippen molar-refractivity contribution in [2.75, 3.05) is 13.1 Å². The van der Waals surface area contributed by atoms with Crippen molar-refractivity contribution in [3.05, 3.63) is 64.4 Å². The van der Waals surface area contributed by atoms with Gasteiger partial charge in [0.2, 0.25) is 0 Å². The molecule has 0 spiro atoms. The molecule has 1 atom stereocenters. The van der Waals surface area contributed by atoms with Crippen LogP contribution in [0.2, 0.25) is 0 Å². The van der Waals surface area contributed by atoms with E-state index in [-0.39, 0.29) is 11.8 Å². The fourth-order valence-corrected chi connectivity index (χ4v) is 5.43. The number of alkyl halides is 3. The van der Waals surface area contributed by atoms with Gasteiger partial charge in [0.1, 0.15) is 5.82 Å². The van der Waals surface area contributed by atoms with Crippen molar-refractivity contribution in [2.45, 2.75) is 31.9 Å². The molecule has 5 nitrogen and oxygen atoms in total. The molecule has 1 aliphatic heterocycles. The van der Waals surface area contributed by atoms with Gasteiger partial charge in [-0.15, -0.1) is 21.5 Å². The monoisotopic (exact) mass is 444 g/mol. The van der Waals surface area contributed by atoms with Crippen LogP contribution < -0.4 is 0 Å². The van der Waals surface area contributed by atoms with Crippen molar-refractivity contribution in [3.63, 3.8) is 0 Å². The molecule has 4 heterocycles. The van der Waals surface area contributed by atoms with Crippen LogP contribution in [0.25, 0.3) is 15.7 Å². The fraction of sp³-hybridized carbons (Fsp3) is 0.318. The van der Waals surface area contributed by atoms with Crippen molar-refractivity contribution in [1.82, 2.24) is 19.5 Å². The van der Waals surface area contributed by atoms with Crippen LogP contribution in [0, 0.1) is 6.92 Å². The fourth-order valence-electron chi connectivity index (χ4n) is 4.25. The van der Waals surface area contributed by atoms with Gasteiger partial charge < -0.3 is 4.90 Å². The maximum absolute atomic E-state index is 13.3. The Kier molecular flexibility index (Phi) is 4.73. The first-order valence-electron chi connectivity index (χ1n) is 10.0. The molecule has 5 rings (SSSR count). The number of hydrogen-bond acceptors (Lipinski definition) is 4. The number of benzene rings is 1. The average molecular weight is 444 g/mol. The van der Waals surface area contributed by atoms with Gasteiger partial charge in [-0.05, 0) is 48.9 Å². The lowest BCUT2D eigenvalue weighted by molar-refractivity contribution is -0.137. The van der Waals surface area contributed by atoms with E-state index >= 15 is 0 Å². The highest BCUT2D eigenvalue weighted by molar-refractivity contribution is 7.21. The smallest absolute Gasteiger partial charge is 0.337 e. The molecule has 0 N–H and O–H groups in total. The number of thiophene rings is 1. The van der Waals surface area contributed by atoms with Crippen molar-refractivity contribution in [1.29, 1.82) is 0 Å². The van der Waals surface area contributed by atoms with E-state index in [0.29, 0.717) is 29.4 Å². The van der Waals surface area contributed by atoms with Crippen molar-refractivity contribution < 1.29 is 18.0 Å². The molecule has 31 heavy (non-hydrogen) atoms. The Balaban J connectivity index is 1.45. The third-order valence-electron chi connectivity index (χ3n) is 5.87. The van der Waals surface area contributed by atoms with Crippen LogP contribution in [0.5, 0.6) is 0 Å². The zero-order valence-corrected chi connectivity index (χ0v) is 17.5. The normalized spacial score (nSPS) is 17.5. The molecule has 0 aliphatic carbocycles. The number of carbonyl (C=O) groups excluding carboxylic acids is 1. The van der Waals surface area contributed by atoms with Crippen LogP contribution in [0.15, 0.2) is 42.6 Å². The number of likely N-dealkylation sites (tertiary alicyclic amines) is 1. The number of halogens is 3. The zero-order valence-electron chi connectivity index (χ0n) is 16.7. The molecule has 4 aromatic rings. The van der Waals surface area contributed by atoms with Gasteiger partial charge >= 0.3 is 6.18 Å². The highest BCUT2D eigenvalue weighted by atomic mass is 32.1. The quantitative estimate of drug-likeness (QED) is 0.422. The summed E-state index contributed by atoms with van der Waals surface area (Å²) in [4.78, 5) is 15.8. The predicted molar refractivity (Wildman–Crippen MR) is 112 cm³/mol. The van der Waals surface area contributed by atoms with Crippen LogP contribution in [0.3, 0.4) is 0 Å². The van der Waals surface area contributed by atoms with Gasteiger partial charge in [-0.3, -0.25) is 9.20 Å². The van der Waals surface area contributed by atoms with Crippen LogP contribution >= 0.6 is 11.3 Å². The van der Waals surface area contributed by atoms with E-state index in [4.69, 9.17) is 0 Å². The minimum absolute atomic E-state index is 0.0341. The lowest BCUT2D eigenvalue weighted by atomic mass is 9.96.